The van der Waals surface area contributed by atoms with Crippen LogP contribution in [0.25, 0.3) is 0 Å². The number of hydrogen-bond donors (Lipinski definition) is 2. The molecule has 18 heavy (non-hydrogen) atoms. The molecule has 1 aromatic rings. The molecule has 0 spiro atoms. The van der Waals surface area contributed by atoms with Gasteiger partial charge in [0.2, 0.25) is 5.91 Å². The van der Waals surface area contributed by atoms with Crippen LogP contribution in [0, 0.1) is 0 Å². The smallest absolute Gasteiger partial charge is 0.230 e. The van der Waals surface area contributed by atoms with Crippen LogP contribution in [0.2, 0.25) is 0 Å². The Morgan fingerprint density at radius 2 is 2.06 bits per heavy atom. The SMILES string of the molecule is CC(O)CNC(=O)C1(c2ccc(Br)cc2)CCC1. The van der Waals surface area contributed by atoms with Crippen molar-refractivity contribution in [3.8, 4) is 0 Å². The van der Waals surface area contributed by atoms with Crippen molar-refractivity contribution in [2.24, 2.45) is 0 Å². The molecule has 1 fully saturated rings. The van der Waals surface area contributed by atoms with E-state index in [1.165, 1.54) is 0 Å². The zero-order valence-electron chi connectivity index (χ0n) is 10.4. The first-order valence-corrected chi connectivity index (χ1v) is 7.06. The topological polar surface area (TPSA) is 49.3 Å². The summed E-state index contributed by atoms with van der Waals surface area (Å²) in [6.45, 7) is 1.99. The van der Waals surface area contributed by atoms with E-state index in [0.717, 1.165) is 29.3 Å². The molecule has 1 atom stereocenters. The van der Waals surface area contributed by atoms with Crippen molar-refractivity contribution in [1.29, 1.82) is 0 Å². The summed E-state index contributed by atoms with van der Waals surface area (Å²) in [5, 5.41) is 12.1. The lowest BCUT2D eigenvalue weighted by atomic mass is 9.64. The molecule has 1 aromatic carbocycles. The van der Waals surface area contributed by atoms with Crippen molar-refractivity contribution in [3.63, 3.8) is 0 Å². The van der Waals surface area contributed by atoms with Gasteiger partial charge in [0.05, 0.1) is 11.5 Å². The van der Waals surface area contributed by atoms with Gasteiger partial charge in [-0.2, -0.15) is 0 Å². The molecule has 0 saturated heterocycles. The maximum Gasteiger partial charge on any atom is 0.230 e. The maximum absolute atomic E-state index is 12.3. The number of amides is 1. The summed E-state index contributed by atoms with van der Waals surface area (Å²) < 4.78 is 1.02. The molecule has 98 valence electrons. The summed E-state index contributed by atoms with van der Waals surface area (Å²) in [7, 11) is 0. The third kappa shape index (κ3) is 2.59. The molecule has 1 aliphatic rings. The predicted octanol–water partition coefficient (Wildman–Crippen LogP) is 2.37. The van der Waals surface area contributed by atoms with E-state index in [1.54, 1.807) is 6.92 Å². The summed E-state index contributed by atoms with van der Waals surface area (Å²) in [6.07, 6.45) is 2.36. The molecule has 2 N–H and O–H groups in total. The van der Waals surface area contributed by atoms with Crippen molar-refractivity contribution in [3.05, 3.63) is 34.3 Å². The first kappa shape index (κ1) is 13.6. The lowest BCUT2D eigenvalue weighted by molar-refractivity contribution is -0.130. The number of carbonyl (C=O) groups is 1. The Labute approximate surface area is 116 Å². The molecule has 3 nitrogen and oxygen atoms in total. The highest BCUT2D eigenvalue weighted by Crippen LogP contribution is 2.44. The van der Waals surface area contributed by atoms with Gasteiger partial charge in [-0.1, -0.05) is 34.5 Å². The number of aliphatic hydroxyl groups is 1. The van der Waals surface area contributed by atoms with Crippen LogP contribution in [0.4, 0.5) is 0 Å². The number of nitrogens with one attached hydrogen (secondary N) is 1. The fraction of sp³-hybridized carbons (Fsp3) is 0.500. The second-order valence-electron chi connectivity index (χ2n) is 5.00. The summed E-state index contributed by atoms with van der Waals surface area (Å²) in [4.78, 5) is 12.3. The van der Waals surface area contributed by atoms with Crippen molar-refractivity contribution in [1.82, 2.24) is 5.32 Å². The zero-order valence-corrected chi connectivity index (χ0v) is 12.0. The Morgan fingerprint density at radius 1 is 1.44 bits per heavy atom. The quantitative estimate of drug-likeness (QED) is 0.897. The highest BCUT2D eigenvalue weighted by atomic mass is 79.9. The van der Waals surface area contributed by atoms with E-state index in [-0.39, 0.29) is 11.3 Å². The Balaban J connectivity index is 2.15. The highest BCUT2D eigenvalue weighted by Gasteiger charge is 2.45. The van der Waals surface area contributed by atoms with E-state index >= 15 is 0 Å². The third-order valence-electron chi connectivity index (χ3n) is 3.60. The zero-order chi connectivity index (χ0) is 13.2. The normalized spacial score (nSPS) is 18.8. The molecule has 0 radical (unpaired) electrons. The van der Waals surface area contributed by atoms with Gasteiger partial charge in [0.25, 0.3) is 0 Å². The molecular formula is C14H18BrNO2. The number of carbonyl (C=O) groups excluding carboxylic acids is 1. The molecule has 4 heteroatoms. The summed E-state index contributed by atoms with van der Waals surface area (Å²) in [6, 6.07) is 7.95. The molecule has 1 unspecified atom stereocenters. The van der Waals surface area contributed by atoms with Gasteiger partial charge in [0.15, 0.2) is 0 Å². The van der Waals surface area contributed by atoms with Crippen molar-refractivity contribution in [2.45, 2.75) is 37.7 Å². The van der Waals surface area contributed by atoms with Crippen molar-refractivity contribution in [2.75, 3.05) is 6.54 Å². The van der Waals surface area contributed by atoms with Gasteiger partial charge in [-0.25, -0.2) is 0 Å². The summed E-state index contributed by atoms with van der Waals surface area (Å²) in [5.74, 6) is 0.0389. The van der Waals surface area contributed by atoms with Crippen LogP contribution in [0.5, 0.6) is 0 Å². The minimum Gasteiger partial charge on any atom is -0.392 e. The predicted molar refractivity (Wildman–Crippen MR) is 74.4 cm³/mol. The fourth-order valence-electron chi connectivity index (χ4n) is 2.36. The second-order valence-corrected chi connectivity index (χ2v) is 5.92. The van der Waals surface area contributed by atoms with Gasteiger partial charge < -0.3 is 10.4 Å². The Kier molecular flexibility index (Phi) is 4.07. The first-order valence-electron chi connectivity index (χ1n) is 6.27. The van der Waals surface area contributed by atoms with E-state index in [0.29, 0.717) is 6.54 Å². The third-order valence-corrected chi connectivity index (χ3v) is 4.13. The molecule has 1 amide bonds. The van der Waals surface area contributed by atoms with Gasteiger partial charge in [0, 0.05) is 11.0 Å². The minimum atomic E-state index is -0.504. The van der Waals surface area contributed by atoms with Crippen LogP contribution >= 0.6 is 15.9 Å². The Morgan fingerprint density at radius 3 is 2.50 bits per heavy atom. The largest absolute Gasteiger partial charge is 0.392 e. The first-order chi connectivity index (χ1) is 8.54. The fourth-order valence-corrected chi connectivity index (χ4v) is 2.62. The number of rotatable bonds is 4. The van der Waals surface area contributed by atoms with E-state index in [4.69, 9.17) is 0 Å². The second kappa shape index (κ2) is 5.41. The monoisotopic (exact) mass is 311 g/mol. The number of hydrogen-bond acceptors (Lipinski definition) is 2. The van der Waals surface area contributed by atoms with E-state index < -0.39 is 6.10 Å². The summed E-state index contributed by atoms with van der Waals surface area (Å²) >= 11 is 3.41. The van der Waals surface area contributed by atoms with Gasteiger partial charge in [0.1, 0.15) is 0 Å². The van der Waals surface area contributed by atoms with Crippen LogP contribution in [0.15, 0.2) is 28.7 Å². The molecule has 0 heterocycles. The molecule has 0 bridgehead atoms. The number of benzene rings is 1. The lowest BCUT2D eigenvalue weighted by Crippen LogP contribution is -2.50. The summed E-state index contributed by atoms with van der Waals surface area (Å²) in [5.41, 5.74) is 0.690. The van der Waals surface area contributed by atoms with Crippen LogP contribution < -0.4 is 5.32 Å². The van der Waals surface area contributed by atoms with E-state index in [9.17, 15) is 9.90 Å². The Bertz CT molecular complexity index is 424. The van der Waals surface area contributed by atoms with Gasteiger partial charge in [-0.15, -0.1) is 0 Å². The standard InChI is InChI=1S/C14H18BrNO2/c1-10(17)9-16-13(18)14(7-2-8-14)11-3-5-12(15)6-4-11/h3-6,10,17H,2,7-9H2,1H3,(H,16,18). The molecular weight excluding hydrogens is 294 g/mol. The van der Waals surface area contributed by atoms with E-state index in [2.05, 4.69) is 21.2 Å². The molecule has 1 aliphatic carbocycles. The minimum absolute atomic E-state index is 0.0389. The lowest BCUT2D eigenvalue weighted by Gasteiger charge is -2.40. The van der Waals surface area contributed by atoms with Crippen LogP contribution in [-0.2, 0) is 10.2 Å². The van der Waals surface area contributed by atoms with Gasteiger partial charge >= 0.3 is 0 Å². The van der Waals surface area contributed by atoms with Crippen LogP contribution in [-0.4, -0.2) is 23.7 Å². The van der Waals surface area contributed by atoms with Crippen LogP contribution in [0.3, 0.4) is 0 Å². The number of aliphatic hydroxyl groups excluding tert-OH is 1. The average Bonchev–Trinajstić information content (AvgIpc) is 2.27. The molecule has 0 aliphatic heterocycles. The van der Waals surface area contributed by atoms with Gasteiger partial charge in [-0.05, 0) is 37.5 Å². The van der Waals surface area contributed by atoms with Crippen molar-refractivity contribution >= 4 is 21.8 Å². The van der Waals surface area contributed by atoms with Crippen molar-refractivity contribution < 1.29 is 9.90 Å². The molecule has 2 rings (SSSR count). The number of halogens is 1. The highest BCUT2D eigenvalue weighted by molar-refractivity contribution is 9.10. The van der Waals surface area contributed by atoms with E-state index in [1.807, 2.05) is 24.3 Å². The maximum atomic E-state index is 12.3. The van der Waals surface area contributed by atoms with Gasteiger partial charge in [-0.3, -0.25) is 4.79 Å². The van der Waals surface area contributed by atoms with Crippen LogP contribution in [0.1, 0.15) is 31.7 Å². The Hall–Kier alpha value is -0.870. The molecule has 1 saturated carbocycles. The average molecular weight is 312 g/mol. The molecule has 0 aromatic heterocycles.